The summed E-state index contributed by atoms with van der Waals surface area (Å²) in [5, 5.41) is 1.78. The van der Waals surface area contributed by atoms with E-state index in [-0.39, 0.29) is 0 Å². The lowest BCUT2D eigenvalue weighted by molar-refractivity contribution is 0.680. The summed E-state index contributed by atoms with van der Waals surface area (Å²) >= 11 is 6.10. The molecule has 2 aromatic rings. The molecule has 2 aromatic heterocycles. The van der Waals surface area contributed by atoms with E-state index in [1.165, 1.54) is 24.1 Å². The van der Waals surface area contributed by atoms with Crippen LogP contribution in [-0.4, -0.2) is 9.97 Å². The van der Waals surface area contributed by atoms with Crippen LogP contribution in [0.2, 0.25) is 5.15 Å². The second kappa shape index (κ2) is 2.99. The third kappa shape index (κ3) is 1.07. The molecule has 0 saturated heterocycles. The van der Waals surface area contributed by atoms with Gasteiger partial charge in [0.25, 0.3) is 0 Å². The summed E-state index contributed by atoms with van der Waals surface area (Å²) in [5.74, 6) is 0. The average Bonchev–Trinajstić information content (AvgIpc) is 2.57. The Labute approximate surface area is 87.3 Å². The number of halogens is 1. The second-order valence-corrected chi connectivity index (χ2v) is 4.17. The highest BCUT2D eigenvalue weighted by molar-refractivity contribution is 6.34. The summed E-state index contributed by atoms with van der Waals surface area (Å²) in [6, 6.07) is 2.00. The monoisotopic (exact) mass is 206 g/mol. The number of pyridine rings is 1. The molecule has 0 aliphatic heterocycles. The van der Waals surface area contributed by atoms with Crippen molar-refractivity contribution < 1.29 is 0 Å². The van der Waals surface area contributed by atoms with Crippen molar-refractivity contribution in [2.75, 3.05) is 0 Å². The summed E-state index contributed by atoms with van der Waals surface area (Å²) in [6.45, 7) is 0. The van der Waals surface area contributed by atoms with Crippen LogP contribution in [0.1, 0.15) is 24.1 Å². The van der Waals surface area contributed by atoms with E-state index in [1.54, 1.807) is 6.20 Å². The fourth-order valence-electron chi connectivity index (χ4n) is 2.31. The summed E-state index contributed by atoms with van der Waals surface area (Å²) < 4.78 is 0. The molecular formula is C11H11ClN2. The molecule has 14 heavy (non-hydrogen) atoms. The van der Waals surface area contributed by atoms with E-state index in [9.17, 15) is 0 Å². The number of H-pyrrole nitrogens is 1. The maximum atomic E-state index is 6.10. The van der Waals surface area contributed by atoms with Crippen molar-refractivity contribution in [3.05, 3.63) is 28.7 Å². The van der Waals surface area contributed by atoms with Gasteiger partial charge in [0.1, 0.15) is 5.15 Å². The molecule has 0 unspecified atom stereocenters. The van der Waals surface area contributed by atoms with Gasteiger partial charge >= 0.3 is 0 Å². The van der Waals surface area contributed by atoms with Gasteiger partial charge in [-0.05, 0) is 37.3 Å². The average molecular weight is 207 g/mol. The molecule has 1 aliphatic rings. The standard InChI is InChI=1S/C11H11ClN2/c12-11-10-7-3-1-2-4-8(7)14-9(10)5-6-13-11/h5-6,14H,1-4H2. The number of aromatic nitrogens is 2. The topological polar surface area (TPSA) is 28.7 Å². The Morgan fingerprint density at radius 3 is 3.07 bits per heavy atom. The van der Waals surface area contributed by atoms with Gasteiger partial charge in [-0.3, -0.25) is 0 Å². The van der Waals surface area contributed by atoms with Crippen LogP contribution in [0.25, 0.3) is 10.9 Å². The molecule has 0 bridgehead atoms. The Kier molecular flexibility index (Phi) is 1.77. The highest BCUT2D eigenvalue weighted by Gasteiger charge is 2.17. The molecule has 0 aromatic carbocycles. The van der Waals surface area contributed by atoms with Crippen LogP contribution in [-0.2, 0) is 12.8 Å². The molecule has 72 valence electrons. The van der Waals surface area contributed by atoms with Gasteiger partial charge in [0.05, 0.1) is 5.52 Å². The van der Waals surface area contributed by atoms with Crippen LogP contribution in [0.5, 0.6) is 0 Å². The van der Waals surface area contributed by atoms with E-state index in [4.69, 9.17) is 11.6 Å². The zero-order valence-electron chi connectivity index (χ0n) is 7.81. The molecule has 0 fully saturated rings. The first-order valence-corrected chi connectivity index (χ1v) is 5.38. The Bertz CT molecular complexity index is 487. The van der Waals surface area contributed by atoms with Crippen LogP contribution in [0.3, 0.4) is 0 Å². The number of fused-ring (bicyclic) bond motifs is 3. The van der Waals surface area contributed by atoms with E-state index < -0.39 is 0 Å². The maximum absolute atomic E-state index is 6.10. The normalized spacial score (nSPS) is 15.8. The van der Waals surface area contributed by atoms with E-state index in [1.807, 2.05) is 6.07 Å². The first-order valence-electron chi connectivity index (χ1n) is 5.00. The Hall–Kier alpha value is -1.02. The Morgan fingerprint density at radius 1 is 1.29 bits per heavy atom. The molecular weight excluding hydrogens is 196 g/mol. The molecule has 3 heteroatoms. The summed E-state index contributed by atoms with van der Waals surface area (Å²) in [4.78, 5) is 7.57. The molecule has 2 nitrogen and oxygen atoms in total. The van der Waals surface area contributed by atoms with Crippen molar-refractivity contribution in [3.63, 3.8) is 0 Å². The predicted octanol–water partition coefficient (Wildman–Crippen LogP) is 3.10. The van der Waals surface area contributed by atoms with Gasteiger partial charge in [-0.15, -0.1) is 0 Å². The molecule has 0 amide bonds. The third-order valence-corrected chi connectivity index (χ3v) is 3.25. The quantitative estimate of drug-likeness (QED) is 0.660. The van der Waals surface area contributed by atoms with Crippen LogP contribution < -0.4 is 0 Å². The number of hydrogen-bond acceptors (Lipinski definition) is 1. The molecule has 0 spiro atoms. The Morgan fingerprint density at radius 2 is 2.14 bits per heavy atom. The van der Waals surface area contributed by atoms with E-state index in [0.717, 1.165) is 23.7 Å². The molecule has 0 saturated carbocycles. The fourth-order valence-corrected chi connectivity index (χ4v) is 2.58. The number of rotatable bonds is 0. The van der Waals surface area contributed by atoms with Gasteiger partial charge in [0.2, 0.25) is 0 Å². The van der Waals surface area contributed by atoms with Crippen LogP contribution in [0.4, 0.5) is 0 Å². The lowest BCUT2D eigenvalue weighted by atomic mass is 9.96. The maximum Gasteiger partial charge on any atom is 0.138 e. The van der Waals surface area contributed by atoms with Crippen LogP contribution >= 0.6 is 11.6 Å². The second-order valence-electron chi connectivity index (χ2n) is 3.81. The highest BCUT2D eigenvalue weighted by Crippen LogP contribution is 2.32. The van der Waals surface area contributed by atoms with Crippen molar-refractivity contribution in [3.8, 4) is 0 Å². The van der Waals surface area contributed by atoms with Gasteiger partial charge in [-0.25, -0.2) is 4.98 Å². The highest BCUT2D eigenvalue weighted by atomic mass is 35.5. The molecule has 3 rings (SSSR count). The minimum Gasteiger partial charge on any atom is -0.358 e. The number of aromatic amines is 1. The first kappa shape index (κ1) is 8.30. The number of aryl methyl sites for hydroxylation is 2. The van der Waals surface area contributed by atoms with Crippen LogP contribution in [0.15, 0.2) is 12.3 Å². The van der Waals surface area contributed by atoms with Crippen molar-refractivity contribution in [1.29, 1.82) is 0 Å². The zero-order valence-corrected chi connectivity index (χ0v) is 8.56. The minimum atomic E-state index is 0.641. The Balaban J connectivity index is 2.38. The summed E-state index contributed by atoms with van der Waals surface area (Å²) in [7, 11) is 0. The molecule has 0 radical (unpaired) electrons. The summed E-state index contributed by atoms with van der Waals surface area (Å²) in [6.07, 6.45) is 6.60. The third-order valence-electron chi connectivity index (χ3n) is 2.96. The van der Waals surface area contributed by atoms with Crippen molar-refractivity contribution in [1.82, 2.24) is 9.97 Å². The van der Waals surface area contributed by atoms with Gasteiger partial charge in [-0.2, -0.15) is 0 Å². The first-order chi connectivity index (χ1) is 6.86. The van der Waals surface area contributed by atoms with Gasteiger partial charge in [-0.1, -0.05) is 11.6 Å². The SMILES string of the molecule is Clc1nccc2[nH]c3c(c12)CCCC3. The zero-order chi connectivity index (χ0) is 9.54. The minimum absolute atomic E-state index is 0.641. The van der Waals surface area contributed by atoms with Gasteiger partial charge < -0.3 is 4.98 Å². The number of hydrogen-bond donors (Lipinski definition) is 1. The lowest BCUT2D eigenvalue weighted by Gasteiger charge is -2.10. The van der Waals surface area contributed by atoms with Crippen molar-refractivity contribution in [2.45, 2.75) is 25.7 Å². The largest absolute Gasteiger partial charge is 0.358 e. The van der Waals surface area contributed by atoms with Gasteiger partial charge in [0, 0.05) is 17.3 Å². The number of nitrogens with zero attached hydrogens (tertiary/aromatic N) is 1. The molecule has 0 atom stereocenters. The van der Waals surface area contributed by atoms with E-state index in [0.29, 0.717) is 5.15 Å². The number of nitrogens with one attached hydrogen (secondary N) is 1. The van der Waals surface area contributed by atoms with Crippen molar-refractivity contribution >= 4 is 22.5 Å². The molecule has 1 N–H and O–H groups in total. The van der Waals surface area contributed by atoms with Crippen LogP contribution in [0, 0.1) is 0 Å². The lowest BCUT2D eigenvalue weighted by Crippen LogP contribution is -2.00. The fraction of sp³-hybridized carbons (Fsp3) is 0.364. The van der Waals surface area contributed by atoms with Crippen molar-refractivity contribution in [2.24, 2.45) is 0 Å². The van der Waals surface area contributed by atoms with E-state index >= 15 is 0 Å². The summed E-state index contributed by atoms with van der Waals surface area (Å²) in [5.41, 5.74) is 3.89. The van der Waals surface area contributed by atoms with E-state index in [2.05, 4.69) is 9.97 Å². The van der Waals surface area contributed by atoms with Gasteiger partial charge in [0.15, 0.2) is 0 Å². The molecule has 1 aliphatic carbocycles. The smallest absolute Gasteiger partial charge is 0.138 e. The molecule has 2 heterocycles. The predicted molar refractivity (Wildman–Crippen MR) is 57.7 cm³/mol.